The average Bonchev–Trinajstić information content (AvgIpc) is 2.73. The van der Waals surface area contributed by atoms with Crippen LogP contribution in [-0.4, -0.2) is 15.6 Å². The normalized spacial score (nSPS) is 11.4. The zero-order chi connectivity index (χ0) is 14.9. The fourth-order valence-corrected chi connectivity index (χ4v) is 2.74. The number of aryl methyl sites for hydroxylation is 2. The van der Waals surface area contributed by atoms with Crippen LogP contribution in [0.2, 0.25) is 0 Å². The Balaban J connectivity index is 2.75. The van der Waals surface area contributed by atoms with Crippen LogP contribution < -0.4 is 0 Å². The maximum Gasteiger partial charge on any atom is 0.337 e. The largest absolute Gasteiger partial charge is 0.478 e. The van der Waals surface area contributed by atoms with Crippen LogP contribution in [0.25, 0.3) is 10.9 Å². The van der Waals surface area contributed by atoms with Crippen molar-refractivity contribution in [3.63, 3.8) is 0 Å². The minimum atomic E-state index is -0.843. The molecule has 0 atom stereocenters. The first-order chi connectivity index (χ1) is 9.45. The summed E-state index contributed by atoms with van der Waals surface area (Å²) in [6.45, 7) is 9.29. The van der Waals surface area contributed by atoms with Crippen molar-refractivity contribution < 1.29 is 9.90 Å². The highest BCUT2D eigenvalue weighted by Crippen LogP contribution is 2.31. The summed E-state index contributed by atoms with van der Waals surface area (Å²) >= 11 is 0. The molecule has 0 saturated heterocycles. The molecule has 1 aromatic carbocycles. The fourth-order valence-electron chi connectivity index (χ4n) is 2.74. The Morgan fingerprint density at radius 1 is 1.35 bits per heavy atom. The summed E-state index contributed by atoms with van der Waals surface area (Å²) in [5.74, 6) is -0.450. The van der Waals surface area contributed by atoms with Gasteiger partial charge in [-0.25, -0.2) is 4.79 Å². The standard InChI is InChI=1S/C17H23NO2/c1-5-6-7-18-10-15(11(2)3)13-8-12(4)9-14(16(13)18)17(19)20/h8-11H,5-7H2,1-4H3,(H,19,20). The van der Waals surface area contributed by atoms with Crippen LogP contribution in [0.4, 0.5) is 0 Å². The van der Waals surface area contributed by atoms with Crippen molar-refractivity contribution in [2.45, 2.75) is 53.0 Å². The minimum absolute atomic E-state index is 0.392. The van der Waals surface area contributed by atoms with Gasteiger partial charge in [0.2, 0.25) is 0 Å². The smallest absolute Gasteiger partial charge is 0.337 e. The number of carbonyl (C=O) groups is 1. The number of aromatic carboxylic acids is 1. The first kappa shape index (κ1) is 14.6. The lowest BCUT2D eigenvalue weighted by atomic mass is 9.99. The van der Waals surface area contributed by atoms with Crippen molar-refractivity contribution in [1.82, 2.24) is 4.57 Å². The summed E-state index contributed by atoms with van der Waals surface area (Å²) in [5, 5.41) is 10.6. The van der Waals surface area contributed by atoms with Crippen LogP contribution in [-0.2, 0) is 6.54 Å². The van der Waals surface area contributed by atoms with Gasteiger partial charge in [0, 0.05) is 18.1 Å². The molecule has 0 spiro atoms. The molecule has 1 heterocycles. The second kappa shape index (κ2) is 5.70. The molecule has 2 aromatic rings. The second-order valence-electron chi connectivity index (χ2n) is 5.80. The zero-order valence-electron chi connectivity index (χ0n) is 12.7. The average molecular weight is 273 g/mol. The third-order valence-electron chi connectivity index (χ3n) is 3.75. The van der Waals surface area contributed by atoms with Crippen molar-refractivity contribution in [2.24, 2.45) is 0 Å². The maximum atomic E-state index is 11.6. The highest BCUT2D eigenvalue weighted by atomic mass is 16.4. The van der Waals surface area contributed by atoms with Crippen molar-refractivity contribution in [2.75, 3.05) is 0 Å². The van der Waals surface area contributed by atoms with Gasteiger partial charge in [-0.1, -0.05) is 27.2 Å². The van der Waals surface area contributed by atoms with Crippen LogP contribution in [0.5, 0.6) is 0 Å². The number of hydrogen-bond acceptors (Lipinski definition) is 1. The van der Waals surface area contributed by atoms with E-state index < -0.39 is 5.97 Å². The Bertz CT molecular complexity index is 638. The molecule has 0 aliphatic heterocycles. The van der Waals surface area contributed by atoms with Crippen molar-refractivity contribution in [1.29, 1.82) is 0 Å². The van der Waals surface area contributed by atoms with E-state index in [2.05, 4.69) is 37.6 Å². The van der Waals surface area contributed by atoms with E-state index in [9.17, 15) is 9.90 Å². The van der Waals surface area contributed by atoms with E-state index in [1.165, 1.54) is 5.56 Å². The Hall–Kier alpha value is -1.77. The molecule has 0 amide bonds. The Morgan fingerprint density at radius 3 is 2.60 bits per heavy atom. The van der Waals surface area contributed by atoms with Gasteiger partial charge >= 0.3 is 5.97 Å². The SMILES string of the molecule is CCCCn1cc(C(C)C)c2cc(C)cc(C(=O)O)c21. The fraction of sp³-hybridized carbons (Fsp3) is 0.471. The number of rotatable bonds is 5. The monoisotopic (exact) mass is 273 g/mol. The summed E-state index contributed by atoms with van der Waals surface area (Å²) in [6.07, 6.45) is 4.30. The molecule has 20 heavy (non-hydrogen) atoms. The third-order valence-corrected chi connectivity index (χ3v) is 3.75. The molecular formula is C17H23NO2. The van der Waals surface area contributed by atoms with Gasteiger partial charge in [-0.05, 0) is 42.5 Å². The molecule has 0 aliphatic carbocycles. The molecule has 0 unspecified atom stereocenters. The second-order valence-corrected chi connectivity index (χ2v) is 5.80. The maximum absolute atomic E-state index is 11.6. The van der Waals surface area contributed by atoms with Gasteiger partial charge in [-0.15, -0.1) is 0 Å². The molecule has 0 bridgehead atoms. The first-order valence-corrected chi connectivity index (χ1v) is 7.32. The van der Waals surface area contributed by atoms with Gasteiger partial charge in [0.15, 0.2) is 0 Å². The molecule has 3 nitrogen and oxygen atoms in total. The van der Waals surface area contributed by atoms with E-state index in [-0.39, 0.29) is 0 Å². The van der Waals surface area contributed by atoms with Crippen LogP contribution in [0.1, 0.15) is 61.0 Å². The number of carboxylic acids is 1. The van der Waals surface area contributed by atoms with E-state index in [1.807, 2.05) is 6.92 Å². The topological polar surface area (TPSA) is 42.2 Å². The molecule has 108 valence electrons. The zero-order valence-corrected chi connectivity index (χ0v) is 12.7. The highest BCUT2D eigenvalue weighted by molar-refractivity contribution is 6.04. The number of unbranched alkanes of at least 4 members (excludes halogenated alkanes) is 1. The summed E-state index contributed by atoms with van der Waals surface area (Å²) in [5.41, 5.74) is 3.54. The predicted octanol–water partition coefficient (Wildman–Crippen LogP) is 4.57. The minimum Gasteiger partial charge on any atom is -0.478 e. The van der Waals surface area contributed by atoms with E-state index in [1.54, 1.807) is 6.07 Å². The molecule has 0 fully saturated rings. The van der Waals surface area contributed by atoms with Crippen LogP contribution in [0.3, 0.4) is 0 Å². The van der Waals surface area contributed by atoms with Crippen molar-refractivity contribution >= 4 is 16.9 Å². The summed E-state index contributed by atoms with van der Waals surface area (Å²) in [4.78, 5) is 11.6. The van der Waals surface area contributed by atoms with Crippen LogP contribution >= 0.6 is 0 Å². The van der Waals surface area contributed by atoms with Gasteiger partial charge in [-0.3, -0.25) is 0 Å². The molecule has 0 saturated carbocycles. The lowest BCUT2D eigenvalue weighted by Gasteiger charge is -2.08. The number of nitrogens with zero attached hydrogens (tertiary/aromatic N) is 1. The third kappa shape index (κ3) is 2.58. The van der Waals surface area contributed by atoms with Gasteiger partial charge in [0.1, 0.15) is 0 Å². The summed E-state index contributed by atoms with van der Waals surface area (Å²) < 4.78 is 2.12. The molecular weight excluding hydrogens is 250 g/mol. The number of benzene rings is 1. The number of hydrogen-bond donors (Lipinski definition) is 1. The number of aromatic nitrogens is 1. The van der Waals surface area contributed by atoms with Gasteiger partial charge in [-0.2, -0.15) is 0 Å². The summed E-state index contributed by atoms with van der Waals surface area (Å²) in [6, 6.07) is 3.89. The molecule has 1 N–H and O–H groups in total. The van der Waals surface area contributed by atoms with Gasteiger partial charge in [0.05, 0.1) is 11.1 Å². The molecule has 1 aromatic heterocycles. The highest BCUT2D eigenvalue weighted by Gasteiger charge is 2.18. The Kier molecular flexibility index (Phi) is 4.17. The van der Waals surface area contributed by atoms with Crippen molar-refractivity contribution in [3.05, 3.63) is 35.0 Å². The van der Waals surface area contributed by atoms with Crippen molar-refractivity contribution in [3.8, 4) is 0 Å². The Labute approximate surface area is 120 Å². The van der Waals surface area contributed by atoms with Gasteiger partial charge < -0.3 is 9.67 Å². The quantitative estimate of drug-likeness (QED) is 0.867. The molecule has 0 radical (unpaired) electrons. The number of carboxylic acid groups (broad SMARTS) is 1. The predicted molar refractivity (Wildman–Crippen MR) is 82.6 cm³/mol. The van der Waals surface area contributed by atoms with E-state index in [0.29, 0.717) is 11.5 Å². The van der Waals surface area contributed by atoms with Gasteiger partial charge in [0.25, 0.3) is 0 Å². The number of fused-ring (bicyclic) bond motifs is 1. The van der Waals surface area contributed by atoms with Crippen LogP contribution in [0, 0.1) is 6.92 Å². The lowest BCUT2D eigenvalue weighted by Crippen LogP contribution is -2.03. The van der Waals surface area contributed by atoms with E-state index in [4.69, 9.17) is 0 Å². The first-order valence-electron chi connectivity index (χ1n) is 7.32. The summed E-state index contributed by atoms with van der Waals surface area (Å²) in [7, 11) is 0. The Morgan fingerprint density at radius 2 is 2.05 bits per heavy atom. The molecule has 2 rings (SSSR count). The van der Waals surface area contributed by atoms with E-state index in [0.717, 1.165) is 35.9 Å². The molecule has 3 heteroatoms. The van der Waals surface area contributed by atoms with Crippen LogP contribution in [0.15, 0.2) is 18.3 Å². The molecule has 0 aliphatic rings. The lowest BCUT2D eigenvalue weighted by molar-refractivity contribution is 0.0698. The van der Waals surface area contributed by atoms with E-state index >= 15 is 0 Å².